The third-order valence-electron chi connectivity index (χ3n) is 2.71. The molecular weight excluding hydrogens is 274 g/mol. The smallest absolute Gasteiger partial charge is 0.179 e. The fourth-order valence-corrected chi connectivity index (χ4v) is 2.35. The Labute approximate surface area is 101 Å². The average Bonchev–Trinajstić information content (AvgIpc) is 2.93. The summed E-state index contributed by atoms with van der Waals surface area (Å²) in [6.45, 7) is 1.01. The first-order valence-electron chi connectivity index (χ1n) is 4.98. The molecule has 15 heavy (non-hydrogen) atoms. The SMILES string of the molecule is S=c1[nH]c2cc(Br)cnc2n1CC1CC1. The van der Waals surface area contributed by atoms with E-state index in [2.05, 4.69) is 30.5 Å². The molecule has 0 atom stereocenters. The van der Waals surface area contributed by atoms with E-state index in [1.807, 2.05) is 12.3 Å². The van der Waals surface area contributed by atoms with E-state index in [-0.39, 0.29) is 0 Å². The molecule has 1 aliphatic carbocycles. The van der Waals surface area contributed by atoms with E-state index in [9.17, 15) is 0 Å². The number of imidazole rings is 1. The predicted octanol–water partition coefficient (Wildman–Crippen LogP) is 3.27. The van der Waals surface area contributed by atoms with E-state index >= 15 is 0 Å². The van der Waals surface area contributed by atoms with Gasteiger partial charge in [-0.3, -0.25) is 0 Å². The standard InChI is InChI=1S/C10H10BrN3S/c11-7-3-8-9(12-4-7)14(10(15)13-8)5-6-1-2-6/h3-4,6H,1-2,5H2,(H,13,15). The number of nitrogens with zero attached hydrogens (tertiary/aromatic N) is 2. The highest BCUT2D eigenvalue weighted by molar-refractivity contribution is 9.10. The molecule has 0 unspecified atom stereocenters. The Morgan fingerprint density at radius 2 is 2.40 bits per heavy atom. The highest BCUT2D eigenvalue weighted by Gasteiger charge is 2.23. The van der Waals surface area contributed by atoms with Crippen molar-refractivity contribution in [2.24, 2.45) is 5.92 Å². The van der Waals surface area contributed by atoms with Gasteiger partial charge in [0.15, 0.2) is 10.4 Å². The number of nitrogens with one attached hydrogen (secondary N) is 1. The van der Waals surface area contributed by atoms with Crippen LogP contribution in [-0.2, 0) is 6.54 Å². The Morgan fingerprint density at radius 3 is 3.13 bits per heavy atom. The zero-order valence-corrected chi connectivity index (χ0v) is 10.4. The van der Waals surface area contributed by atoms with Gasteiger partial charge in [0.25, 0.3) is 0 Å². The minimum Gasteiger partial charge on any atom is -0.329 e. The van der Waals surface area contributed by atoms with Crippen LogP contribution in [0.2, 0.25) is 0 Å². The lowest BCUT2D eigenvalue weighted by Crippen LogP contribution is -2.00. The average molecular weight is 284 g/mol. The first-order chi connectivity index (χ1) is 7.24. The number of aromatic nitrogens is 3. The summed E-state index contributed by atoms with van der Waals surface area (Å²) in [5, 5.41) is 0. The van der Waals surface area contributed by atoms with E-state index in [4.69, 9.17) is 12.2 Å². The number of aromatic amines is 1. The van der Waals surface area contributed by atoms with Gasteiger partial charge in [-0.05, 0) is 53.0 Å². The molecule has 1 aliphatic rings. The van der Waals surface area contributed by atoms with Crippen LogP contribution in [0.5, 0.6) is 0 Å². The first-order valence-corrected chi connectivity index (χ1v) is 6.18. The highest BCUT2D eigenvalue weighted by Crippen LogP contribution is 2.31. The van der Waals surface area contributed by atoms with Crippen molar-refractivity contribution in [2.75, 3.05) is 0 Å². The molecular formula is C10H10BrN3S. The monoisotopic (exact) mass is 283 g/mol. The van der Waals surface area contributed by atoms with Crippen molar-refractivity contribution in [3.8, 4) is 0 Å². The molecule has 2 aromatic rings. The van der Waals surface area contributed by atoms with Gasteiger partial charge >= 0.3 is 0 Å². The van der Waals surface area contributed by atoms with E-state index in [1.54, 1.807) is 0 Å². The molecule has 1 fully saturated rings. The van der Waals surface area contributed by atoms with Gasteiger partial charge in [0.05, 0.1) is 5.52 Å². The summed E-state index contributed by atoms with van der Waals surface area (Å²) in [6.07, 6.45) is 4.46. The van der Waals surface area contributed by atoms with Crippen LogP contribution >= 0.6 is 28.1 Å². The summed E-state index contributed by atoms with van der Waals surface area (Å²) in [5.41, 5.74) is 1.98. The van der Waals surface area contributed by atoms with E-state index in [0.29, 0.717) is 0 Å². The molecule has 0 saturated heterocycles. The second-order valence-electron chi connectivity index (χ2n) is 4.01. The van der Waals surface area contributed by atoms with Crippen LogP contribution in [0.15, 0.2) is 16.7 Å². The second kappa shape index (κ2) is 3.42. The van der Waals surface area contributed by atoms with Gasteiger partial charge in [0.1, 0.15) is 0 Å². The van der Waals surface area contributed by atoms with Gasteiger partial charge in [-0.25, -0.2) is 4.98 Å². The van der Waals surface area contributed by atoms with Crippen LogP contribution in [0.25, 0.3) is 11.2 Å². The van der Waals surface area contributed by atoms with Gasteiger partial charge in [-0.2, -0.15) is 0 Å². The van der Waals surface area contributed by atoms with Crippen molar-refractivity contribution in [1.82, 2.24) is 14.5 Å². The molecule has 0 amide bonds. The van der Waals surface area contributed by atoms with Crippen LogP contribution in [0, 0.1) is 10.7 Å². The summed E-state index contributed by atoms with van der Waals surface area (Å²) in [4.78, 5) is 7.59. The predicted molar refractivity (Wildman–Crippen MR) is 65.3 cm³/mol. The van der Waals surface area contributed by atoms with E-state index in [1.165, 1.54) is 12.8 Å². The van der Waals surface area contributed by atoms with Crippen molar-refractivity contribution in [3.05, 3.63) is 21.5 Å². The topological polar surface area (TPSA) is 33.6 Å². The fourth-order valence-electron chi connectivity index (χ4n) is 1.75. The summed E-state index contributed by atoms with van der Waals surface area (Å²) in [5.74, 6) is 0.807. The number of pyridine rings is 1. The maximum Gasteiger partial charge on any atom is 0.179 e. The maximum atomic E-state index is 5.29. The molecule has 0 bridgehead atoms. The molecule has 5 heteroatoms. The largest absolute Gasteiger partial charge is 0.329 e. The molecule has 0 aliphatic heterocycles. The molecule has 3 rings (SSSR count). The number of halogens is 1. The Kier molecular flexibility index (Phi) is 2.17. The van der Waals surface area contributed by atoms with Crippen molar-refractivity contribution < 1.29 is 0 Å². The lowest BCUT2D eigenvalue weighted by molar-refractivity contribution is 0.631. The number of hydrogen-bond acceptors (Lipinski definition) is 2. The number of H-pyrrole nitrogens is 1. The summed E-state index contributed by atoms with van der Waals surface area (Å²) < 4.78 is 3.86. The van der Waals surface area contributed by atoms with Crippen LogP contribution in [-0.4, -0.2) is 14.5 Å². The molecule has 3 nitrogen and oxygen atoms in total. The third-order valence-corrected chi connectivity index (χ3v) is 3.47. The maximum absolute atomic E-state index is 5.29. The Bertz CT molecular complexity index is 568. The Balaban J connectivity index is 2.18. The fraction of sp³-hybridized carbons (Fsp3) is 0.400. The van der Waals surface area contributed by atoms with Gasteiger partial charge < -0.3 is 9.55 Å². The zero-order chi connectivity index (χ0) is 10.4. The minimum atomic E-state index is 0.780. The molecule has 1 N–H and O–H groups in total. The summed E-state index contributed by atoms with van der Waals surface area (Å²) in [6, 6.07) is 2.02. The molecule has 0 aromatic carbocycles. The normalized spacial score (nSPS) is 16.1. The summed E-state index contributed by atoms with van der Waals surface area (Å²) in [7, 11) is 0. The molecule has 0 spiro atoms. The van der Waals surface area contributed by atoms with Gasteiger partial charge in [0, 0.05) is 17.2 Å². The zero-order valence-electron chi connectivity index (χ0n) is 8.03. The molecule has 2 heterocycles. The van der Waals surface area contributed by atoms with Gasteiger partial charge in [0.2, 0.25) is 0 Å². The van der Waals surface area contributed by atoms with Crippen molar-refractivity contribution >= 4 is 39.3 Å². The lowest BCUT2D eigenvalue weighted by atomic mass is 10.4. The first kappa shape index (κ1) is 9.54. The van der Waals surface area contributed by atoms with Gasteiger partial charge in [-0.15, -0.1) is 0 Å². The lowest BCUT2D eigenvalue weighted by Gasteiger charge is -2.01. The molecule has 78 valence electrons. The second-order valence-corrected chi connectivity index (χ2v) is 5.31. The number of rotatable bonds is 2. The molecule has 2 aromatic heterocycles. The third kappa shape index (κ3) is 1.74. The minimum absolute atomic E-state index is 0.780. The summed E-state index contributed by atoms with van der Waals surface area (Å²) >= 11 is 8.70. The van der Waals surface area contributed by atoms with Crippen molar-refractivity contribution in [1.29, 1.82) is 0 Å². The van der Waals surface area contributed by atoms with Crippen LogP contribution in [0.4, 0.5) is 0 Å². The van der Waals surface area contributed by atoms with Crippen molar-refractivity contribution in [2.45, 2.75) is 19.4 Å². The van der Waals surface area contributed by atoms with Crippen molar-refractivity contribution in [3.63, 3.8) is 0 Å². The molecule has 1 saturated carbocycles. The van der Waals surface area contributed by atoms with E-state index < -0.39 is 0 Å². The Morgan fingerprint density at radius 1 is 1.60 bits per heavy atom. The quantitative estimate of drug-likeness (QED) is 0.859. The van der Waals surface area contributed by atoms with Gasteiger partial charge in [-0.1, -0.05) is 0 Å². The molecule has 0 radical (unpaired) electrons. The van der Waals surface area contributed by atoms with Crippen LogP contribution in [0.1, 0.15) is 12.8 Å². The number of fused-ring (bicyclic) bond motifs is 1. The Hall–Kier alpha value is -0.680. The van der Waals surface area contributed by atoms with Crippen LogP contribution in [0.3, 0.4) is 0 Å². The highest BCUT2D eigenvalue weighted by atomic mass is 79.9. The number of hydrogen-bond donors (Lipinski definition) is 1. The van der Waals surface area contributed by atoms with E-state index in [0.717, 1.165) is 32.9 Å². The van der Waals surface area contributed by atoms with Crippen LogP contribution < -0.4 is 0 Å².